The van der Waals surface area contributed by atoms with Gasteiger partial charge in [0.1, 0.15) is 16.9 Å². The number of furan rings is 1. The van der Waals surface area contributed by atoms with Crippen LogP contribution in [-0.4, -0.2) is 11.9 Å². The van der Waals surface area contributed by atoms with Crippen LogP contribution in [0.1, 0.15) is 34.8 Å². The molecule has 1 aliphatic carbocycles. The van der Waals surface area contributed by atoms with Gasteiger partial charge in [-0.05, 0) is 67.6 Å². The van der Waals surface area contributed by atoms with E-state index in [1.807, 2.05) is 61.5 Å². The zero-order chi connectivity index (χ0) is 18.4. The Kier molecular flexibility index (Phi) is 3.75. The summed E-state index contributed by atoms with van der Waals surface area (Å²) in [6.07, 6.45) is 2.82. The third-order valence-corrected chi connectivity index (χ3v) is 5.41. The predicted octanol–water partition coefficient (Wildman–Crippen LogP) is 5.72. The van der Waals surface area contributed by atoms with Gasteiger partial charge < -0.3 is 9.15 Å². The van der Waals surface area contributed by atoms with Crippen LogP contribution < -0.4 is 4.74 Å². The van der Waals surface area contributed by atoms with Crippen molar-refractivity contribution in [3.05, 3.63) is 77.4 Å². The molecular weight excluding hydrogens is 336 g/mol. The van der Waals surface area contributed by atoms with Crippen LogP contribution in [0, 0.1) is 0 Å². The van der Waals surface area contributed by atoms with Gasteiger partial charge >= 0.3 is 0 Å². The molecule has 0 radical (unpaired) electrons. The Hall–Kier alpha value is -3.07. The van der Waals surface area contributed by atoms with Gasteiger partial charge in [0, 0.05) is 16.3 Å². The highest BCUT2D eigenvalue weighted by molar-refractivity contribution is 6.05. The second kappa shape index (κ2) is 6.27. The van der Waals surface area contributed by atoms with Crippen molar-refractivity contribution in [2.75, 3.05) is 0 Å². The number of ketones is 1. The third-order valence-electron chi connectivity index (χ3n) is 5.41. The third kappa shape index (κ3) is 2.80. The average Bonchev–Trinajstić information content (AvgIpc) is 3.30. The van der Waals surface area contributed by atoms with E-state index in [2.05, 4.69) is 6.07 Å². The van der Waals surface area contributed by atoms with E-state index < -0.39 is 6.10 Å². The lowest BCUT2D eigenvalue weighted by Crippen LogP contribution is -2.24. The number of fused-ring (bicyclic) bond motifs is 4. The topological polar surface area (TPSA) is 39.4 Å². The van der Waals surface area contributed by atoms with Gasteiger partial charge in [-0.25, -0.2) is 0 Å². The summed E-state index contributed by atoms with van der Waals surface area (Å²) in [4.78, 5) is 12.8. The molecule has 0 saturated heterocycles. The molecule has 1 atom stereocenters. The number of carbonyl (C=O) groups excluding carboxylic acids is 1. The molecule has 0 saturated carbocycles. The highest BCUT2D eigenvalue weighted by Crippen LogP contribution is 2.32. The van der Waals surface area contributed by atoms with E-state index in [9.17, 15) is 4.79 Å². The fraction of sp³-hybridized carbons (Fsp3) is 0.208. The van der Waals surface area contributed by atoms with Crippen LogP contribution in [0.5, 0.6) is 5.75 Å². The molecular formula is C24H20O3. The summed E-state index contributed by atoms with van der Waals surface area (Å²) in [5.74, 6) is 0.693. The van der Waals surface area contributed by atoms with Crippen LogP contribution in [-0.2, 0) is 12.8 Å². The first-order valence-corrected chi connectivity index (χ1v) is 9.43. The molecule has 0 spiro atoms. The summed E-state index contributed by atoms with van der Waals surface area (Å²) >= 11 is 0. The molecule has 1 aliphatic rings. The number of ether oxygens (including phenoxy) is 1. The molecule has 1 heterocycles. The van der Waals surface area contributed by atoms with Crippen molar-refractivity contribution in [1.29, 1.82) is 0 Å². The lowest BCUT2D eigenvalue weighted by atomic mass is 10.0. The van der Waals surface area contributed by atoms with Crippen molar-refractivity contribution in [3.8, 4) is 5.75 Å². The number of rotatable bonds is 4. The maximum Gasteiger partial charge on any atom is 0.203 e. The molecule has 3 aromatic carbocycles. The van der Waals surface area contributed by atoms with E-state index >= 15 is 0 Å². The van der Waals surface area contributed by atoms with E-state index in [0.717, 1.165) is 40.3 Å². The van der Waals surface area contributed by atoms with Crippen molar-refractivity contribution < 1.29 is 13.9 Å². The zero-order valence-electron chi connectivity index (χ0n) is 15.2. The van der Waals surface area contributed by atoms with Gasteiger partial charge in [0.25, 0.3) is 0 Å². The highest BCUT2D eigenvalue weighted by atomic mass is 16.5. The number of benzene rings is 3. The Labute approximate surface area is 157 Å². The Morgan fingerprint density at radius 1 is 0.926 bits per heavy atom. The van der Waals surface area contributed by atoms with Crippen molar-refractivity contribution in [2.24, 2.45) is 0 Å². The normalized spacial score (nSPS) is 14.4. The largest absolute Gasteiger partial charge is 0.483 e. The molecule has 134 valence electrons. The summed E-state index contributed by atoms with van der Waals surface area (Å²) in [5.41, 5.74) is 5.09. The van der Waals surface area contributed by atoms with E-state index in [-0.39, 0.29) is 5.78 Å². The van der Waals surface area contributed by atoms with Crippen LogP contribution in [0.2, 0.25) is 0 Å². The van der Waals surface area contributed by atoms with Crippen molar-refractivity contribution >= 4 is 27.7 Å². The van der Waals surface area contributed by atoms with Gasteiger partial charge in [0.15, 0.2) is 6.10 Å². The predicted molar refractivity (Wildman–Crippen MR) is 107 cm³/mol. The fourth-order valence-electron chi connectivity index (χ4n) is 4.00. The van der Waals surface area contributed by atoms with Crippen LogP contribution in [0.25, 0.3) is 21.9 Å². The molecule has 1 aromatic heterocycles. The lowest BCUT2D eigenvalue weighted by molar-refractivity contribution is 0.0818. The lowest BCUT2D eigenvalue weighted by Gasteiger charge is -2.14. The molecule has 0 bridgehead atoms. The number of carbonyl (C=O) groups is 1. The van der Waals surface area contributed by atoms with Crippen molar-refractivity contribution in [3.63, 3.8) is 0 Å². The van der Waals surface area contributed by atoms with Crippen LogP contribution >= 0.6 is 0 Å². The second-order valence-electron chi connectivity index (χ2n) is 7.22. The van der Waals surface area contributed by atoms with E-state index in [1.165, 1.54) is 17.5 Å². The number of aryl methyl sites for hydroxylation is 2. The molecule has 3 nitrogen and oxygen atoms in total. The van der Waals surface area contributed by atoms with Gasteiger partial charge in [-0.15, -0.1) is 0 Å². The zero-order valence-corrected chi connectivity index (χ0v) is 15.2. The summed E-state index contributed by atoms with van der Waals surface area (Å²) in [5, 5.41) is 2.05. The van der Waals surface area contributed by atoms with Crippen LogP contribution in [0.3, 0.4) is 0 Å². The summed E-state index contributed by atoms with van der Waals surface area (Å²) in [6, 6.07) is 19.7. The maximum absolute atomic E-state index is 12.8. The fourth-order valence-corrected chi connectivity index (χ4v) is 4.00. The first-order chi connectivity index (χ1) is 13.2. The quantitative estimate of drug-likeness (QED) is 0.439. The van der Waals surface area contributed by atoms with Crippen LogP contribution in [0.4, 0.5) is 0 Å². The van der Waals surface area contributed by atoms with E-state index in [4.69, 9.17) is 9.15 Å². The molecule has 5 rings (SSSR count). The Bertz CT molecular complexity index is 1170. The van der Waals surface area contributed by atoms with Gasteiger partial charge in [-0.3, -0.25) is 4.79 Å². The molecule has 0 amide bonds. The minimum Gasteiger partial charge on any atom is -0.483 e. The van der Waals surface area contributed by atoms with Gasteiger partial charge in [0.2, 0.25) is 5.78 Å². The number of para-hydroxylation sites is 1. The Morgan fingerprint density at radius 2 is 1.74 bits per heavy atom. The number of hydrogen-bond acceptors (Lipinski definition) is 3. The molecule has 27 heavy (non-hydrogen) atoms. The average molecular weight is 356 g/mol. The SMILES string of the molecule is C[C@H](Oc1ccc2oc3ccccc3c2c1)C(=O)c1ccc2c(c1)CCC2. The Balaban J connectivity index is 1.42. The molecule has 0 fully saturated rings. The van der Waals surface area contributed by atoms with E-state index in [1.54, 1.807) is 0 Å². The van der Waals surface area contributed by atoms with Crippen LogP contribution in [0.15, 0.2) is 65.1 Å². The standard InChI is InChI=1S/C24H20O3/c1-15(24(25)18-10-9-16-5-4-6-17(16)13-18)26-19-11-12-23-21(14-19)20-7-2-3-8-22(20)27-23/h2-3,7-15H,4-6H2,1H3/t15-/m0/s1. The van der Waals surface area contributed by atoms with Gasteiger partial charge in [0.05, 0.1) is 0 Å². The van der Waals surface area contributed by atoms with E-state index in [0.29, 0.717) is 5.75 Å². The summed E-state index contributed by atoms with van der Waals surface area (Å²) in [7, 11) is 0. The molecule has 0 aliphatic heterocycles. The second-order valence-corrected chi connectivity index (χ2v) is 7.22. The van der Waals surface area contributed by atoms with Gasteiger partial charge in [-0.1, -0.05) is 30.3 Å². The van der Waals surface area contributed by atoms with Crippen molar-refractivity contribution in [2.45, 2.75) is 32.3 Å². The number of hydrogen-bond donors (Lipinski definition) is 0. The van der Waals surface area contributed by atoms with Gasteiger partial charge in [-0.2, -0.15) is 0 Å². The number of Topliss-reactive ketones (excluding diaryl/α,β-unsaturated/α-hetero) is 1. The Morgan fingerprint density at radius 3 is 2.67 bits per heavy atom. The molecule has 3 heteroatoms. The molecule has 0 N–H and O–H groups in total. The summed E-state index contributed by atoms with van der Waals surface area (Å²) in [6.45, 7) is 1.81. The summed E-state index contributed by atoms with van der Waals surface area (Å²) < 4.78 is 11.8. The van der Waals surface area contributed by atoms with Crippen molar-refractivity contribution in [1.82, 2.24) is 0 Å². The first-order valence-electron chi connectivity index (χ1n) is 9.43. The monoisotopic (exact) mass is 356 g/mol. The minimum atomic E-state index is -0.542. The minimum absolute atomic E-state index is 0.0156. The maximum atomic E-state index is 12.8. The highest BCUT2D eigenvalue weighted by Gasteiger charge is 2.20. The molecule has 4 aromatic rings. The molecule has 0 unspecified atom stereocenters. The smallest absolute Gasteiger partial charge is 0.203 e. The first kappa shape index (κ1) is 16.1.